The molecule has 1 aromatic carbocycles. The highest BCUT2D eigenvalue weighted by molar-refractivity contribution is 5.40. The molecule has 0 bridgehead atoms. The van der Waals surface area contributed by atoms with Crippen LogP contribution in [0.4, 0.5) is 4.39 Å². The van der Waals surface area contributed by atoms with Crippen molar-refractivity contribution in [1.82, 2.24) is 4.98 Å². The molecule has 1 aromatic heterocycles. The van der Waals surface area contributed by atoms with E-state index in [0.717, 1.165) is 12.1 Å². The van der Waals surface area contributed by atoms with E-state index < -0.39 is 5.82 Å². The molecule has 0 atom stereocenters. The average molecular weight is 240 g/mol. The molecule has 3 heteroatoms. The van der Waals surface area contributed by atoms with Crippen LogP contribution in [0.3, 0.4) is 0 Å². The number of nitriles is 1. The van der Waals surface area contributed by atoms with Crippen molar-refractivity contribution in [3.63, 3.8) is 0 Å². The van der Waals surface area contributed by atoms with Gasteiger partial charge in [-0.15, -0.1) is 0 Å². The van der Waals surface area contributed by atoms with Gasteiger partial charge in [-0.3, -0.25) is 4.98 Å². The molecule has 0 fully saturated rings. The molecule has 18 heavy (non-hydrogen) atoms. The first-order valence-corrected chi connectivity index (χ1v) is 5.86. The zero-order valence-electron chi connectivity index (χ0n) is 10.2. The molecule has 1 heterocycles. The summed E-state index contributed by atoms with van der Waals surface area (Å²) in [4.78, 5) is 4.32. The summed E-state index contributed by atoms with van der Waals surface area (Å²) in [5.41, 5.74) is 2.79. The van der Waals surface area contributed by atoms with Crippen LogP contribution in [0.1, 0.15) is 29.3 Å². The number of hydrogen-bond acceptors (Lipinski definition) is 2. The maximum Gasteiger partial charge on any atom is 0.141 e. The largest absolute Gasteiger partial charge is 0.261 e. The molecule has 0 aliphatic carbocycles. The summed E-state index contributed by atoms with van der Waals surface area (Å²) in [5, 5.41) is 8.95. The van der Waals surface area contributed by atoms with Gasteiger partial charge in [-0.2, -0.15) is 5.26 Å². The van der Waals surface area contributed by atoms with Gasteiger partial charge in [-0.25, -0.2) is 4.39 Å². The first-order valence-electron chi connectivity index (χ1n) is 5.86. The van der Waals surface area contributed by atoms with Gasteiger partial charge in [0.05, 0.1) is 5.56 Å². The number of pyridine rings is 1. The summed E-state index contributed by atoms with van der Waals surface area (Å²) >= 11 is 0. The maximum absolute atomic E-state index is 13.4. The molecule has 0 N–H and O–H groups in total. The summed E-state index contributed by atoms with van der Waals surface area (Å²) in [7, 11) is 0. The Kier molecular flexibility index (Phi) is 3.69. The minimum Gasteiger partial charge on any atom is -0.261 e. The third-order valence-corrected chi connectivity index (χ3v) is 2.88. The van der Waals surface area contributed by atoms with E-state index in [1.807, 2.05) is 24.4 Å². The van der Waals surface area contributed by atoms with E-state index in [-0.39, 0.29) is 5.56 Å². The molecule has 0 spiro atoms. The van der Waals surface area contributed by atoms with E-state index in [4.69, 9.17) is 5.26 Å². The van der Waals surface area contributed by atoms with Crippen LogP contribution in [0.5, 0.6) is 0 Å². The van der Waals surface area contributed by atoms with E-state index in [1.165, 1.54) is 11.6 Å². The van der Waals surface area contributed by atoms with Crippen LogP contribution >= 0.6 is 0 Å². The molecule has 0 amide bonds. The quantitative estimate of drug-likeness (QED) is 0.825. The Hall–Kier alpha value is -2.21. The van der Waals surface area contributed by atoms with Crippen LogP contribution in [-0.2, 0) is 12.8 Å². The van der Waals surface area contributed by atoms with Crippen LogP contribution < -0.4 is 0 Å². The minimum absolute atomic E-state index is 0.110. The van der Waals surface area contributed by atoms with Crippen LogP contribution in [0, 0.1) is 17.1 Å². The first-order chi connectivity index (χ1) is 8.74. The number of aromatic nitrogens is 1. The van der Waals surface area contributed by atoms with Crippen molar-refractivity contribution in [2.24, 2.45) is 0 Å². The fourth-order valence-electron chi connectivity index (χ4n) is 1.81. The Morgan fingerprint density at radius 1 is 1.28 bits per heavy atom. The summed E-state index contributed by atoms with van der Waals surface area (Å²) < 4.78 is 13.4. The lowest BCUT2D eigenvalue weighted by atomic mass is 10.0. The molecular weight excluding hydrogens is 227 g/mol. The molecule has 0 radical (unpaired) electrons. The fraction of sp³-hybridized carbons (Fsp3) is 0.200. The highest BCUT2D eigenvalue weighted by atomic mass is 19.1. The second-order valence-corrected chi connectivity index (χ2v) is 4.07. The highest BCUT2D eigenvalue weighted by Crippen LogP contribution is 2.16. The van der Waals surface area contributed by atoms with Gasteiger partial charge in [0.15, 0.2) is 0 Å². The van der Waals surface area contributed by atoms with Crippen LogP contribution in [0.25, 0.3) is 0 Å². The normalized spacial score (nSPS) is 10.1. The Morgan fingerprint density at radius 2 is 2.11 bits per heavy atom. The number of aryl methyl sites for hydroxylation is 1. The lowest BCUT2D eigenvalue weighted by Crippen LogP contribution is -1.98. The molecule has 2 rings (SSSR count). The van der Waals surface area contributed by atoms with E-state index in [0.29, 0.717) is 12.0 Å². The van der Waals surface area contributed by atoms with Gasteiger partial charge in [-0.1, -0.05) is 25.1 Å². The third kappa shape index (κ3) is 2.54. The summed E-state index contributed by atoms with van der Waals surface area (Å²) in [5.74, 6) is -0.472. The third-order valence-electron chi connectivity index (χ3n) is 2.88. The maximum atomic E-state index is 13.4. The Labute approximate surface area is 106 Å². The van der Waals surface area contributed by atoms with Crippen molar-refractivity contribution < 1.29 is 4.39 Å². The molecule has 0 aliphatic rings. The topological polar surface area (TPSA) is 36.7 Å². The fourth-order valence-corrected chi connectivity index (χ4v) is 1.81. The molecule has 0 saturated heterocycles. The minimum atomic E-state index is -0.472. The van der Waals surface area contributed by atoms with Gasteiger partial charge in [0.2, 0.25) is 0 Å². The monoisotopic (exact) mass is 240 g/mol. The van der Waals surface area contributed by atoms with Gasteiger partial charge in [0, 0.05) is 18.3 Å². The van der Waals surface area contributed by atoms with Crippen molar-refractivity contribution in [2.75, 3.05) is 0 Å². The Bertz CT molecular complexity index is 582. The van der Waals surface area contributed by atoms with Crippen molar-refractivity contribution >= 4 is 0 Å². The second kappa shape index (κ2) is 5.42. The summed E-state index contributed by atoms with van der Waals surface area (Å²) in [6.45, 7) is 2.07. The number of rotatable bonds is 3. The number of halogens is 1. The lowest BCUT2D eigenvalue weighted by Gasteiger charge is -2.05. The van der Waals surface area contributed by atoms with Crippen molar-refractivity contribution in [3.05, 3.63) is 64.7 Å². The van der Waals surface area contributed by atoms with Gasteiger partial charge in [-0.05, 0) is 29.7 Å². The number of nitrogens with zero attached hydrogens (tertiary/aromatic N) is 2. The van der Waals surface area contributed by atoms with Gasteiger partial charge < -0.3 is 0 Å². The molecule has 0 unspecified atom stereocenters. The smallest absolute Gasteiger partial charge is 0.141 e. The van der Waals surface area contributed by atoms with Gasteiger partial charge >= 0.3 is 0 Å². The van der Waals surface area contributed by atoms with Crippen LogP contribution in [0.2, 0.25) is 0 Å². The van der Waals surface area contributed by atoms with E-state index in [9.17, 15) is 4.39 Å². The molecule has 90 valence electrons. The van der Waals surface area contributed by atoms with Crippen molar-refractivity contribution in [1.29, 1.82) is 5.26 Å². The van der Waals surface area contributed by atoms with E-state index in [2.05, 4.69) is 11.9 Å². The summed E-state index contributed by atoms with van der Waals surface area (Å²) in [6, 6.07) is 10.5. The Morgan fingerprint density at radius 3 is 2.72 bits per heavy atom. The molecule has 0 aliphatic heterocycles. The van der Waals surface area contributed by atoms with Gasteiger partial charge in [0.1, 0.15) is 11.9 Å². The predicted octanol–water partition coefficient (Wildman–Crippen LogP) is 3.25. The standard InChI is InChI=1S/C15H13FN2/c1-2-11-6-7-13(18-10-11)8-12-4-3-5-15(16)14(12)9-17/h3-7,10H,2,8H2,1H3. The van der Waals surface area contributed by atoms with Crippen molar-refractivity contribution in [2.45, 2.75) is 19.8 Å². The number of benzene rings is 1. The first kappa shape index (κ1) is 12.3. The second-order valence-electron chi connectivity index (χ2n) is 4.07. The van der Waals surface area contributed by atoms with E-state index in [1.54, 1.807) is 12.1 Å². The van der Waals surface area contributed by atoms with Crippen LogP contribution in [0.15, 0.2) is 36.5 Å². The zero-order valence-corrected chi connectivity index (χ0v) is 10.2. The molecule has 2 nitrogen and oxygen atoms in total. The van der Waals surface area contributed by atoms with E-state index >= 15 is 0 Å². The summed E-state index contributed by atoms with van der Waals surface area (Å²) in [6.07, 6.45) is 3.24. The SMILES string of the molecule is CCc1ccc(Cc2cccc(F)c2C#N)nc1. The number of hydrogen-bond donors (Lipinski definition) is 0. The zero-order chi connectivity index (χ0) is 13.0. The van der Waals surface area contributed by atoms with Crippen LogP contribution in [-0.4, -0.2) is 4.98 Å². The average Bonchev–Trinajstić information content (AvgIpc) is 2.40. The molecule has 0 saturated carbocycles. The molecular formula is C15H13FN2. The van der Waals surface area contributed by atoms with Gasteiger partial charge in [0.25, 0.3) is 0 Å². The van der Waals surface area contributed by atoms with Crippen molar-refractivity contribution in [3.8, 4) is 6.07 Å². The highest BCUT2D eigenvalue weighted by Gasteiger charge is 2.08. The molecule has 2 aromatic rings. The predicted molar refractivity (Wildman–Crippen MR) is 67.5 cm³/mol. The Balaban J connectivity index is 2.28. The lowest BCUT2D eigenvalue weighted by molar-refractivity contribution is 0.621.